The normalized spacial score (nSPS) is 18.3. The number of hydrogen-bond donors (Lipinski definition) is 1. The molecule has 1 unspecified atom stereocenters. The summed E-state index contributed by atoms with van der Waals surface area (Å²) in [4.78, 5) is 24.2. The van der Waals surface area contributed by atoms with Crippen molar-refractivity contribution in [2.24, 2.45) is 0 Å². The van der Waals surface area contributed by atoms with Gasteiger partial charge in [-0.2, -0.15) is 0 Å². The first-order valence-corrected chi connectivity index (χ1v) is 6.54. The van der Waals surface area contributed by atoms with Gasteiger partial charge in [0.1, 0.15) is 11.6 Å². The van der Waals surface area contributed by atoms with Gasteiger partial charge in [-0.15, -0.1) is 0 Å². The molecule has 1 N–H and O–H groups in total. The van der Waals surface area contributed by atoms with Crippen LogP contribution >= 0.6 is 0 Å². The molecule has 1 aromatic carbocycles. The van der Waals surface area contributed by atoms with Gasteiger partial charge in [0.05, 0.1) is 19.1 Å². The maximum atomic E-state index is 12.7. The average Bonchev–Trinajstić information content (AvgIpc) is 2.46. The van der Waals surface area contributed by atoms with Crippen molar-refractivity contribution in [3.05, 3.63) is 30.1 Å². The van der Waals surface area contributed by atoms with E-state index in [9.17, 15) is 14.0 Å². The van der Waals surface area contributed by atoms with Gasteiger partial charge in [0.2, 0.25) is 0 Å². The third-order valence-electron chi connectivity index (χ3n) is 3.07. The molecule has 1 atom stereocenters. The summed E-state index contributed by atoms with van der Waals surface area (Å²) >= 11 is 0. The number of carboxylic acids is 1. The highest BCUT2D eigenvalue weighted by Gasteiger charge is 2.26. The molecule has 1 aliphatic rings. The lowest BCUT2D eigenvalue weighted by molar-refractivity contribution is -0.148. The molecule has 0 aromatic heterocycles. The van der Waals surface area contributed by atoms with E-state index in [1.807, 2.05) is 0 Å². The number of benzene rings is 1. The summed E-state index contributed by atoms with van der Waals surface area (Å²) in [5.74, 6) is -1.19. The summed E-state index contributed by atoms with van der Waals surface area (Å²) in [7, 11) is 0. The Morgan fingerprint density at radius 2 is 2.10 bits per heavy atom. The number of rotatable bonds is 5. The Balaban J connectivity index is 1.82. The van der Waals surface area contributed by atoms with Crippen molar-refractivity contribution in [3.63, 3.8) is 0 Å². The van der Waals surface area contributed by atoms with Gasteiger partial charge in [-0.05, 0) is 24.3 Å². The van der Waals surface area contributed by atoms with Gasteiger partial charge in [-0.3, -0.25) is 9.59 Å². The van der Waals surface area contributed by atoms with Crippen LogP contribution < -0.4 is 4.74 Å². The molecular weight excluding hydrogens is 281 g/mol. The fourth-order valence-electron chi connectivity index (χ4n) is 2.03. The lowest BCUT2D eigenvalue weighted by atomic mass is 10.2. The Kier molecular flexibility index (Phi) is 5.10. The van der Waals surface area contributed by atoms with Crippen LogP contribution in [-0.2, 0) is 14.3 Å². The standard InChI is InChI=1S/C14H16FNO5/c15-10-1-3-11(4-2-10)21-9-13(17)16-5-6-20-12(8-16)7-14(18)19/h1-4,12H,5-9H2,(H,18,19). The summed E-state index contributed by atoms with van der Waals surface area (Å²) in [6.07, 6.45) is -0.631. The minimum Gasteiger partial charge on any atom is -0.484 e. The molecule has 6 nitrogen and oxygen atoms in total. The second-order valence-electron chi connectivity index (χ2n) is 4.67. The predicted octanol–water partition coefficient (Wildman–Crippen LogP) is 0.907. The van der Waals surface area contributed by atoms with Crippen LogP contribution in [0.3, 0.4) is 0 Å². The minimum atomic E-state index is -0.961. The Bertz CT molecular complexity index is 505. The number of carbonyl (C=O) groups excluding carboxylic acids is 1. The van der Waals surface area contributed by atoms with Crippen molar-refractivity contribution >= 4 is 11.9 Å². The van der Waals surface area contributed by atoms with E-state index >= 15 is 0 Å². The first-order chi connectivity index (χ1) is 10.0. The molecule has 0 saturated carbocycles. The molecule has 0 aliphatic carbocycles. The smallest absolute Gasteiger partial charge is 0.306 e. The molecule has 1 heterocycles. The summed E-state index contributed by atoms with van der Waals surface area (Å²) in [6, 6.07) is 5.37. The molecule has 21 heavy (non-hydrogen) atoms. The Hall–Kier alpha value is -2.15. The lowest BCUT2D eigenvalue weighted by Crippen LogP contribution is -2.47. The number of aliphatic carboxylic acids is 1. The summed E-state index contributed by atoms with van der Waals surface area (Å²) in [6.45, 7) is 0.769. The number of hydrogen-bond acceptors (Lipinski definition) is 4. The van der Waals surface area contributed by atoms with Crippen LogP contribution in [0, 0.1) is 5.82 Å². The van der Waals surface area contributed by atoms with E-state index in [0.29, 0.717) is 18.9 Å². The van der Waals surface area contributed by atoms with Crippen LogP contribution in [0.2, 0.25) is 0 Å². The maximum absolute atomic E-state index is 12.7. The van der Waals surface area contributed by atoms with E-state index < -0.39 is 12.1 Å². The van der Waals surface area contributed by atoms with Crippen LogP contribution in [0.1, 0.15) is 6.42 Å². The van der Waals surface area contributed by atoms with Crippen LogP contribution in [0.25, 0.3) is 0 Å². The number of nitrogens with zero attached hydrogens (tertiary/aromatic N) is 1. The largest absolute Gasteiger partial charge is 0.484 e. The third kappa shape index (κ3) is 4.71. The Morgan fingerprint density at radius 3 is 2.76 bits per heavy atom. The molecule has 0 radical (unpaired) electrons. The minimum absolute atomic E-state index is 0.136. The van der Waals surface area contributed by atoms with Gasteiger partial charge in [-0.1, -0.05) is 0 Å². The molecule has 1 amide bonds. The number of carbonyl (C=O) groups is 2. The fraction of sp³-hybridized carbons (Fsp3) is 0.429. The van der Waals surface area contributed by atoms with Gasteiger partial charge in [-0.25, -0.2) is 4.39 Å². The number of ether oxygens (including phenoxy) is 2. The van der Waals surface area contributed by atoms with Crippen LogP contribution in [0.15, 0.2) is 24.3 Å². The molecule has 2 rings (SSSR count). The van der Waals surface area contributed by atoms with Gasteiger partial charge in [0.15, 0.2) is 6.61 Å². The number of morpholine rings is 1. The van der Waals surface area contributed by atoms with Crippen molar-refractivity contribution in [1.82, 2.24) is 4.90 Å². The van der Waals surface area contributed by atoms with Crippen molar-refractivity contribution in [2.45, 2.75) is 12.5 Å². The van der Waals surface area contributed by atoms with Crippen molar-refractivity contribution in [1.29, 1.82) is 0 Å². The highest BCUT2D eigenvalue weighted by atomic mass is 19.1. The van der Waals surface area contributed by atoms with Crippen LogP contribution in [0.4, 0.5) is 4.39 Å². The van der Waals surface area contributed by atoms with Crippen molar-refractivity contribution in [2.75, 3.05) is 26.3 Å². The quantitative estimate of drug-likeness (QED) is 0.874. The van der Waals surface area contributed by atoms with Crippen LogP contribution in [-0.4, -0.2) is 54.3 Å². The first kappa shape index (κ1) is 15.2. The Morgan fingerprint density at radius 1 is 1.38 bits per heavy atom. The van der Waals surface area contributed by atoms with E-state index in [-0.39, 0.29) is 31.3 Å². The zero-order valence-electron chi connectivity index (χ0n) is 11.3. The number of halogens is 1. The molecular formula is C14H16FNO5. The lowest BCUT2D eigenvalue weighted by Gasteiger charge is -2.32. The van der Waals surface area contributed by atoms with Crippen molar-refractivity contribution in [3.8, 4) is 5.75 Å². The van der Waals surface area contributed by atoms with E-state index in [4.69, 9.17) is 14.6 Å². The fourth-order valence-corrected chi connectivity index (χ4v) is 2.03. The second-order valence-corrected chi connectivity index (χ2v) is 4.67. The second kappa shape index (κ2) is 7.03. The monoisotopic (exact) mass is 297 g/mol. The van der Waals surface area contributed by atoms with Crippen LogP contribution in [0.5, 0.6) is 5.75 Å². The molecule has 1 aliphatic heterocycles. The number of amides is 1. The molecule has 1 aromatic rings. The van der Waals surface area contributed by atoms with Crippen molar-refractivity contribution < 1.29 is 28.6 Å². The SMILES string of the molecule is O=C(O)CC1CN(C(=O)COc2ccc(F)cc2)CCO1. The van der Waals surface area contributed by atoms with E-state index in [2.05, 4.69) is 0 Å². The van der Waals surface area contributed by atoms with Gasteiger partial charge >= 0.3 is 5.97 Å². The first-order valence-electron chi connectivity index (χ1n) is 6.54. The molecule has 0 spiro atoms. The van der Waals surface area contributed by atoms with E-state index in [1.165, 1.54) is 29.2 Å². The highest BCUT2D eigenvalue weighted by molar-refractivity contribution is 5.78. The summed E-state index contributed by atoms with van der Waals surface area (Å²) in [5.41, 5.74) is 0. The molecule has 7 heteroatoms. The molecule has 1 saturated heterocycles. The molecule has 1 fully saturated rings. The molecule has 114 valence electrons. The van der Waals surface area contributed by atoms with Gasteiger partial charge in [0, 0.05) is 13.1 Å². The third-order valence-corrected chi connectivity index (χ3v) is 3.07. The average molecular weight is 297 g/mol. The number of carboxylic acid groups (broad SMARTS) is 1. The topological polar surface area (TPSA) is 76.1 Å². The van der Waals surface area contributed by atoms with Gasteiger partial charge in [0.25, 0.3) is 5.91 Å². The predicted molar refractivity (Wildman–Crippen MR) is 70.5 cm³/mol. The summed E-state index contributed by atoms with van der Waals surface area (Å²) in [5, 5.41) is 8.73. The zero-order valence-corrected chi connectivity index (χ0v) is 11.3. The zero-order chi connectivity index (χ0) is 15.2. The van der Waals surface area contributed by atoms with E-state index in [1.54, 1.807) is 0 Å². The summed E-state index contributed by atoms with van der Waals surface area (Å²) < 4.78 is 23.3. The van der Waals surface area contributed by atoms with E-state index in [0.717, 1.165) is 0 Å². The molecule has 0 bridgehead atoms. The highest BCUT2D eigenvalue weighted by Crippen LogP contribution is 2.12. The Labute approximate surface area is 121 Å². The van der Waals surface area contributed by atoms with Gasteiger partial charge < -0.3 is 19.5 Å². The maximum Gasteiger partial charge on any atom is 0.306 e.